The number of benzene rings is 1. The summed E-state index contributed by atoms with van der Waals surface area (Å²) in [5, 5.41) is 1.07. The molecule has 1 aliphatic rings. The van der Waals surface area contributed by atoms with Gasteiger partial charge in [0.15, 0.2) is 0 Å². The Morgan fingerprint density at radius 1 is 1.32 bits per heavy atom. The van der Waals surface area contributed by atoms with Crippen LogP contribution in [0.2, 0.25) is 0 Å². The lowest BCUT2D eigenvalue weighted by Gasteiger charge is -2.23. The second kappa shape index (κ2) is 7.20. The Morgan fingerprint density at radius 3 is 2.82 bits per heavy atom. The maximum atomic E-state index is 4.53. The van der Waals surface area contributed by atoms with Crippen LogP contribution in [-0.2, 0) is 6.54 Å². The summed E-state index contributed by atoms with van der Waals surface area (Å²) in [7, 11) is 0. The molecule has 1 aliphatic heterocycles. The molecule has 0 spiro atoms. The smallest absolute Gasteiger partial charge is 0.205 e. The number of aryl methyl sites for hydroxylation is 1. The quantitative estimate of drug-likeness (QED) is 0.819. The third-order valence-corrected chi connectivity index (χ3v) is 5.13. The van der Waals surface area contributed by atoms with Crippen LogP contribution in [0.5, 0.6) is 0 Å². The number of nitrogens with zero attached hydrogens (tertiary/aromatic N) is 4. The lowest BCUT2D eigenvalue weighted by molar-refractivity contribution is 0.317. The maximum absolute atomic E-state index is 4.53. The van der Waals surface area contributed by atoms with E-state index in [-0.39, 0.29) is 0 Å². The highest BCUT2D eigenvalue weighted by Gasteiger charge is 2.25. The fourth-order valence-corrected chi connectivity index (χ4v) is 3.86. The van der Waals surface area contributed by atoms with E-state index in [2.05, 4.69) is 56.4 Å². The topological polar surface area (TPSA) is 32.3 Å². The lowest BCUT2D eigenvalue weighted by Crippen LogP contribution is -2.31. The van der Waals surface area contributed by atoms with Crippen molar-refractivity contribution in [2.24, 2.45) is 5.92 Å². The van der Waals surface area contributed by atoms with Crippen molar-refractivity contribution in [1.82, 2.24) is 14.3 Å². The largest absolute Gasteiger partial charge is 0.347 e. The van der Waals surface area contributed by atoms with Gasteiger partial charge in [-0.25, -0.2) is 4.98 Å². The maximum Gasteiger partial charge on any atom is 0.205 e. The van der Waals surface area contributed by atoms with Crippen molar-refractivity contribution in [1.29, 1.82) is 0 Å². The predicted octanol–water partition coefficient (Wildman–Crippen LogP) is 3.19. The van der Waals surface area contributed by atoms with E-state index in [1.807, 2.05) is 6.92 Å². The Hall–Kier alpha value is -1.46. The first-order valence-electron chi connectivity index (χ1n) is 8.06. The monoisotopic (exact) mass is 316 g/mol. The summed E-state index contributed by atoms with van der Waals surface area (Å²) in [6.07, 6.45) is 1.28. The Kier molecular flexibility index (Phi) is 5.05. The van der Waals surface area contributed by atoms with Crippen LogP contribution in [0.3, 0.4) is 0 Å². The van der Waals surface area contributed by atoms with Crippen molar-refractivity contribution in [3.05, 3.63) is 41.7 Å². The molecule has 2 aromatic rings. The van der Waals surface area contributed by atoms with E-state index in [0.717, 1.165) is 36.5 Å². The molecule has 4 nitrogen and oxygen atoms in total. The number of rotatable bonds is 6. The lowest BCUT2D eigenvalue weighted by atomic mass is 10.1. The van der Waals surface area contributed by atoms with Gasteiger partial charge in [0.1, 0.15) is 5.82 Å². The third-order valence-electron chi connectivity index (χ3n) is 4.27. The molecule has 1 fully saturated rings. The molecule has 0 amide bonds. The van der Waals surface area contributed by atoms with Crippen LogP contribution in [0.25, 0.3) is 0 Å². The zero-order chi connectivity index (χ0) is 15.4. The van der Waals surface area contributed by atoms with Gasteiger partial charge in [0.25, 0.3) is 0 Å². The summed E-state index contributed by atoms with van der Waals surface area (Å²) >= 11 is 1.52. The van der Waals surface area contributed by atoms with E-state index in [1.165, 1.54) is 36.6 Å². The molecule has 1 aromatic carbocycles. The first-order chi connectivity index (χ1) is 10.7. The highest BCUT2D eigenvalue weighted by molar-refractivity contribution is 7.09. The van der Waals surface area contributed by atoms with E-state index in [1.54, 1.807) is 0 Å². The van der Waals surface area contributed by atoms with E-state index in [0.29, 0.717) is 0 Å². The van der Waals surface area contributed by atoms with Gasteiger partial charge in [-0.1, -0.05) is 30.3 Å². The molecule has 22 heavy (non-hydrogen) atoms. The van der Waals surface area contributed by atoms with Crippen LogP contribution < -0.4 is 4.90 Å². The minimum atomic E-state index is 0.730. The molecule has 2 heterocycles. The van der Waals surface area contributed by atoms with E-state index in [9.17, 15) is 0 Å². The minimum absolute atomic E-state index is 0.730. The van der Waals surface area contributed by atoms with Crippen molar-refractivity contribution < 1.29 is 0 Å². The van der Waals surface area contributed by atoms with Crippen LogP contribution in [0.1, 0.15) is 24.7 Å². The number of hydrogen-bond donors (Lipinski definition) is 0. The zero-order valence-electron chi connectivity index (χ0n) is 13.4. The van der Waals surface area contributed by atoms with Gasteiger partial charge in [0, 0.05) is 37.7 Å². The van der Waals surface area contributed by atoms with Crippen LogP contribution in [0, 0.1) is 12.8 Å². The summed E-state index contributed by atoms with van der Waals surface area (Å²) < 4.78 is 4.31. The molecule has 3 rings (SSSR count). The normalized spacial score (nSPS) is 18.7. The van der Waals surface area contributed by atoms with Gasteiger partial charge in [-0.05, 0) is 38.3 Å². The van der Waals surface area contributed by atoms with Crippen molar-refractivity contribution in [3.63, 3.8) is 0 Å². The van der Waals surface area contributed by atoms with Gasteiger partial charge in [-0.2, -0.15) is 4.37 Å². The molecule has 0 N–H and O–H groups in total. The van der Waals surface area contributed by atoms with Crippen LogP contribution in [0.4, 0.5) is 5.13 Å². The van der Waals surface area contributed by atoms with Gasteiger partial charge in [-0.3, -0.25) is 4.90 Å². The number of likely N-dealkylation sites (tertiary alicyclic amines) is 1. The van der Waals surface area contributed by atoms with Gasteiger partial charge < -0.3 is 4.90 Å². The number of anilines is 1. The molecule has 1 saturated heterocycles. The second-order valence-corrected chi connectivity index (χ2v) is 6.77. The molecular formula is C17H24N4S. The molecule has 0 radical (unpaired) electrons. The van der Waals surface area contributed by atoms with E-state index < -0.39 is 0 Å². The molecule has 1 aromatic heterocycles. The van der Waals surface area contributed by atoms with Gasteiger partial charge in [-0.15, -0.1) is 0 Å². The van der Waals surface area contributed by atoms with Crippen LogP contribution in [-0.4, -0.2) is 40.4 Å². The third kappa shape index (κ3) is 3.84. The van der Waals surface area contributed by atoms with E-state index >= 15 is 0 Å². The minimum Gasteiger partial charge on any atom is -0.347 e. The SMILES string of the molecule is CCN(CC1CCN(Cc2ccccc2)C1)c1nc(C)ns1. The Labute approximate surface area is 137 Å². The first kappa shape index (κ1) is 15.4. The molecule has 0 aliphatic carbocycles. The molecule has 0 bridgehead atoms. The average Bonchev–Trinajstić information content (AvgIpc) is 3.15. The molecule has 118 valence electrons. The summed E-state index contributed by atoms with van der Waals surface area (Å²) in [5.74, 6) is 1.61. The van der Waals surface area contributed by atoms with Crippen LogP contribution >= 0.6 is 11.5 Å². The van der Waals surface area contributed by atoms with Gasteiger partial charge >= 0.3 is 0 Å². The second-order valence-electron chi connectivity index (χ2n) is 6.04. The molecule has 0 saturated carbocycles. The number of hydrogen-bond acceptors (Lipinski definition) is 5. The van der Waals surface area contributed by atoms with E-state index in [4.69, 9.17) is 0 Å². The highest BCUT2D eigenvalue weighted by Crippen LogP contribution is 2.23. The molecule has 5 heteroatoms. The van der Waals surface area contributed by atoms with Crippen LogP contribution in [0.15, 0.2) is 30.3 Å². The Bertz CT molecular complexity index is 583. The summed E-state index contributed by atoms with van der Waals surface area (Å²) in [4.78, 5) is 9.48. The first-order valence-corrected chi connectivity index (χ1v) is 8.83. The molecule has 1 unspecified atom stereocenters. The summed E-state index contributed by atoms with van der Waals surface area (Å²) in [6.45, 7) is 9.72. The van der Waals surface area contributed by atoms with Gasteiger partial charge in [0.05, 0.1) is 0 Å². The van der Waals surface area contributed by atoms with Crippen molar-refractivity contribution in [3.8, 4) is 0 Å². The van der Waals surface area contributed by atoms with Crippen molar-refractivity contribution in [2.75, 3.05) is 31.1 Å². The van der Waals surface area contributed by atoms with Gasteiger partial charge in [0.2, 0.25) is 5.13 Å². The number of aromatic nitrogens is 2. The Balaban J connectivity index is 1.54. The molecule has 1 atom stereocenters. The summed E-state index contributed by atoms with van der Waals surface area (Å²) in [6, 6.07) is 10.8. The fraction of sp³-hybridized carbons (Fsp3) is 0.529. The standard InChI is InChI=1S/C17H24N4S/c1-3-21(17-18-14(2)19-22-17)13-16-9-10-20(12-16)11-15-7-5-4-6-8-15/h4-8,16H,3,9-13H2,1-2H3. The average molecular weight is 316 g/mol. The predicted molar refractivity (Wildman–Crippen MR) is 92.4 cm³/mol. The molecular weight excluding hydrogens is 292 g/mol. The Morgan fingerprint density at radius 2 is 2.14 bits per heavy atom. The zero-order valence-corrected chi connectivity index (χ0v) is 14.2. The van der Waals surface area contributed by atoms with Crippen molar-refractivity contribution >= 4 is 16.7 Å². The van der Waals surface area contributed by atoms with Crippen molar-refractivity contribution in [2.45, 2.75) is 26.8 Å². The highest BCUT2D eigenvalue weighted by atomic mass is 32.1. The fourth-order valence-electron chi connectivity index (χ4n) is 3.12. The summed E-state index contributed by atoms with van der Waals surface area (Å²) in [5.41, 5.74) is 1.41.